The van der Waals surface area contributed by atoms with Crippen LogP contribution in [0.1, 0.15) is 24.1 Å². The number of benzene rings is 3. The molecule has 0 saturated carbocycles. The molecule has 0 bridgehead atoms. The Morgan fingerprint density at radius 3 is 2.48 bits per heavy atom. The molecule has 2 heterocycles. The van der Waals surface area contributed by atoms with E-state index < -0.39 is 17.5 Å². The van der Waals surface area contributed by atoms with E-state index in [4.69, 9.17) is 16.3 Å². The maximum absolute atomic E-state index is 13.6. The summed E-state index contributed by atoms with van der Waals surface area (Å²) in [6, 6.07) is 24.2. The number of carbonyl (C=O) groups is 1. The summed E-state index contributed by atoms with van der Waals surface area (Å²) in [4.78, 5) is 27.2. The summed E-state index contributed by atoms with van der Waals surface area (Å²) in [5.74, 6) is -0.488. The summed E-state index contributed by atoms with van der Waals surface area (Å²) in [5, 5.41) is 19.6. The quantitative estimate of drug-likeness (QED) is 0.284. The van der Waals surface area contributed by atoms with Crippen molar-refractivity contribution < 1.29 is 14.6 Å². The average Bonchev–Trinajstić information content (AvgIpc) is 3.22. The van der Waals surface area contributed by atoms with Crippen molar-refractivity contribution in [2.24, 2.45) is 0 Å². The molecule has 5 rings (SSSR count). The standard InChI is InChI=1S/C29H29ClN4O4S.H3N/c1-19(35)31-17-23-18-33(15-16-38-23)22-13-11-21(12-14-22)26(20-7-3-2-4-8-20)34-29(37)27(28(36)32-34)39-25-10-6-5-9-24(25)30;/h2-14,23,26,37H,15-18H2,1H3,(H,31,35)(H,32,36);1H3/p-1. The predicted octanol–water partition coefficient (Wildman–Crippen LogP) is 4.20. The Morgan fingerprint density at radius 2 is 1.77 bits per heavy atom. The van der Waals surface area contributed by atoms with E-state index in [1.165, 1.54) is 11.6 Å². The maximum Gasteiger partial charge on any atom is 0.277 e. The third-order valence-electron chi connectivity index (χ3n) is 6.55. The van der Waals surface area contributed by atoms with Crippen molar-refractivity contribution in [3.05, 3.63) is 105 Å². The lowest BCUT2D eigenvalue weighted by Gasteiger charge is -2.35. The number of aromatic nitrogens is 2. The van der Waals surface area contributed by atoms with Gasteiger partial charge in [-0.2, -0.15) is 0 Å². The summed E-state index contributed by atoms with van der Waals surface area (Å²) < 4.78 is 7.19. The zero-order chi connectivity index (χ0) is 27.4. The summed E-state index contributed by atoms with van der Waals surface area (Å²) in [5.41, 5.74) is 2.27. The van der Waals surface area contributed by atoms with Crippen molar-refractivity contribution in [3.63, 3.8) is 0 Å². The van der Waals surface area contributed by atoms with Gasteiger partial charge in [-0.05, 0) is 35.4 Å². The zero-order valence-electron chi connectivity index (χ0n) is 22.0. The minimum atomic E-state index is -0.529. The molecule has 4 aromatic rings. The highest BCUT2D eigenvalue weighted by Gasteiger charge is 2.23. The summed E-state index contributed by atoms with van der Waals surface area (Å²) in [6.45, 7) is 3.90. The number of nitrogens with one attached hydrogen (secondary N) is 2. The van der Waals surface area contributed by atoms with Crippen molar-refractivity contribution in [2.45, 2.75) is 28.9 Å². The highest BCUT2D eigenvalue weighted by Crippen LogP contribution is 2.37. The first-order chi connectivity index (χ1) is 18.9. The van der Waals surface area contributed by atoms with Crippen LogP contribution in [0.2, 0.25) is 5.02 Å². The molecule has 1 aliphatic rings. The van der Waals surface area contributed by atoms with Crippen LogP contribution in [-0.4, -0.2) is 48.0 Å². The zero-order valence-corrected chi connectivity index (χ0v) is 23.6. The Balaban J connectivity index is 0.00000370. The second-order valence-corrected chi connectivity index (χ2v) is 10.7. The lowest BCUT2D eigenvalue weighted by Crippen LogP contribution is -2.47. The number of morpholine rings is 1. The van der Waals surface area contributed by atoms with Gasteiger partial charge in [-0.15, -0.1) is 0 Å². The fourth-order valence-electron chi connectivity index (χ4n) is 4.66. The van der Waals surface area contributed by atoms with E-state index in [0.717, 1.165) is 35.1 Å². The molecule has 1 aliphatic heterocycles. The van der Waals surface area contributed by atoms with E-state index in [1.54, 1.807) is 18.2 Å². The van der Waals surface area contributed by atoms with E-state index in [-0.39, 0.29) is 23.1 Å². The van der Waals surface area contributed by atoms with Gasteiger partial charge < -0.3 is 26.2 Å². The van der Waals surface area contributed by atoms with Crippen LogP contribution in [-0.2, 0) is 9.53 Å². The minimum Gasteiger partial charge on any atom is -0.858 e. The van der Waals surface area contributed by atoms with E-state index >= 15 is 0 Å². The van der Waals surface area contributed by atoms with E-state index in [1.807, 2.05) is 60.7 Å². The Bertz CT molecular complexity index is 1490. The van der Waals surface area contributed by atoms with E-state index in [9.17, 15) is 14.7 Å². The van der Waals surface area contributed by atoms with Gasteiger partial charge in [-0.25, -0.2) is 0 Å². The lowest BCUT2D eigenvalue weighted by molar-refractivity contribution is -0.284. The molecule has 3 aromatic carbocycles. The smallest absolute Gasteiger partial charge is 0.277 e. The summed E-state index contributed by atoms with van der Waals surface area (Å²) in [6.07, 6.45) is -0.0959. The fourth-order valence-corrected chi connectivity index (χ4v) is 5.76. The molecular formula is C29H31ClN5O4S-. The second-order valence-electron chi connectivity index (χ2n) is 9.26. The van der Waals surface area contributed by atoms with Gasteiger partial charge in [-0.1, -0.05) is 78.0 Å². The molecule has 0 aliphatic carbocycles. The van der Waals surface area contributed by atoms with Gasteiger partial charge in [-0.3, -0.25) is 19.4 Å². The van der Waals surface area contributed by atoms with Crippen molar-refractivity contribution >= 4 is 35.0 Å². The molecule has 11 heteroatoms. The summed E-state index contributed by atoms with van der Waals surface area (Å²) in [7, 11) is 0. The van der Waals surface area contributed by atoms with Crippen LogP contribution in [0, 0.1) is 0 Å². The number of amides is 1. The number of nitrogens with zero attached hydrogens (tertiary/aromatic N) is 2. The van der Waals surface area contributed by atoms with Crippen LogP contribution in [0.15, 0.2) is 93.4 Å². The normalized spacial score (nSPS) is 15.8. The van der Waals surface area contributed by atoms with Gasteiger partial charge in [0.2, 0.25) is 5.91 Å². The molecule has 9 nitrogen and oxygen atoms in total. The van der Waals surface area contributed by atoms with Crippen molar-refractivity contribution in [3.8, 4) is 5.88 Å². The number of rotatable bonds is 8. The first kappa shape index (κ1) is 29.3. The van der Waals surface area contributed by atoms with Crippen LogP contribution < -0.4 is 27.0 Å². The van der Waals surface area contributed by atoms with E-state index in [2.05, 4.69) is 15.3 Å². The molecule has 40 heavy (non-hydrogen) atoms. The van der Waals surface area contributed by atoms with Crippen molar-refractivity contribution in [1.82, 2.24) is 21.2 Å². The predicted molar refractivity (Wildman–Crippen MR) is 156 cm³/mol. The van der Waals surface area contributed by atoms with Crippen LogP contribution in [0.3, 0.4) is 0 Å². The SMILES string of the molecule is CC(=O)NCC1CN(c2ccc(C(c3ccccc3)n3[nH]c(=O)c(Sc4ccccc4Cl)c3[O-])cc2)CCO1.N. The highest BCUT2D eigenvalue weighted by atomic mass is 35.5. The summed E-state index contributed by atoms with van der Waals surface area (Å²) >= 11 is 7.36. The first-order valence-corrected chi connectivity index (χ1v) is 13.8. The van der Waals surface area contributed by atoms with Gasteiger partial charge in [0, 0.05) is 43.0 Å². The number of hydrogen-bond acceptors (Lipinski definition) is 7. The number of aromatic amines is 1. The van der Waals surface area contributed by atoms with Crippen LogP contribution in [0.4, 0.5) is 5.69 Å². The first-order valence-electron chi connectivity index (χ1n) is 12.6. The maximum atomic E-state index is 13.6. The van der Waals surface area contributed by atoms with Crippen molar-refractivity contribution in [2.75, 3.05) is 31.1 Å². The second kappa shape index (κ2) is 13.1. The molecule has 1 saturated heterocycles. The Labute approximate surface area is 241 Å². The Hall–Kier alpha value is -3.70. The monoisotopic (exact) mass is 580 g/mol. The molecule has 5 N–H and O–H groups in total. The topological polar surface area (TPSA) is 137 Å². The molecule has 0 spiro atoms. The molecule has 1 amide bonds. The lowest BCUT2D eigenvalue weighted by atomic mass is 9.98. The Morgan fingerprint density at radius 1 is 1.10 bits per heavy atom. The van der Waals surface area contributed by atoms with Gasteiger partial charge >= 0.3 is 0 Å². The van der Waals surface area contributed by atoms with Gasteiger partial charge in [0.15, 0.2) is 0 Å². The average molecular weight is 581 g/mol. The minimum absolute atomic E-state index is 0. The number of carbonyl (C=O) groups excluding carboxylic acids is 1. The molecule has 210 valence electrons. The van der Waals surface area contributed by atoms with Gasteiger partial charge in [0.1, 0.15) is 0 Å². The number of H-pyrrole nitrogens is 1. The number of halogens is 1. The Kier molecular flexibility index (Phi) is 9.59. The number of ether oxygens (including phenoxy) is 1. The fraction of sp³-hybridized carbons (Fsp3) is 0.241. The number of anilines is 1. The van der Waals surface area contributed by atoms with Gasteiger partial charge in [0.05, 0.1) is 28.7 Å². The van der Waals surface area contributed by atoms with Crippen LogP contribution in [0.25, 0.3) is 0 Å². The van der Waals surface area contributed by atoms with Crippen molar-refractivity contribution in [1.29, 1.82) is 0 Å². The van der Waals surface area contributed by atoms with Crippen LogP contribution in [0.5, 0.6) is 5.88 Å². The number of hydrogen-bond donors (Lipinski definition) is 3. The van der Waals surface area contributed by atoms with E-state index in [0.29, 0.717) is 29.6 Å². The highest BCUT2D eigenvalue weighted by molar-refractivity contribution is 7.99. The third kappa shape index (κ3) is 6.53. The molecule has 2 atom stereocenters. The molecule has 1 fully saturated rings. The molecule has 2 unspecified atom stereocenters. The third-order valence-corrected chi connectivity index (χ3v) is 8.14. The van der Waals surface area contributed by atoms with Crippen LogP contribution >= 0.6 is 23.4 Å². The van der Waals surface area contributed by atoms with Gasteiger partial charge in [0.25, 0.3) is 5.56 Å². The largest absolute Gasteiger partial charge is 0.858 e. The molecule has 0 radical (unpaired) electrons. The molecule has 1 aromatic heterocycles. The molecular weight excluding hydrogens is 550 g/mol.